The number of aryl methyl sites for hydroxylation is 1. The summed E-state index contributed by atoms with van der Waals surface area (Å²) in [6.07, 6.45) is 3.21. The SMILES string of the molecule is Cc1sc(NC(=O)/C=C\c2ccc3c(c2)OCO3)nc1-c1ccccc1. The molecule has 0 spiro atoms. The van der Waals surface area contributed by atoms with Crippen molar-refractivity contribution in [2.24, 2.45) is 0 Å². The zero-order chi connectivity index (χ0) is 17.9. The van der Waals surface area contributed by atoms with Gasteiger partial charge < -0.3 is 9.47 Å². The number of hydrogen-bond acceptors (Lipinski definition) is 5. The Morgan fingerprint density at radius 2 is 1.96 bits per heavy atom. The minimum absolute atomic E-state index is 0.226. The monoisotopic (exact) mass is 364 g/mol. The first-order valence-electron chi connectivity index (χ1n) is 8.10. The molecule has 4 rings (SSSR count). The fourth-order valence-corrected chi connectivity index (χ4v) is 3.49. The number of ether oxygens (including phenoxy) is 2. The number of nitrogens with zero attached hydrogens (tertiary/aromatic N) is 1. The van der Waals surface area contributed by atoms with Crippen molar-refractivity contribution in [2.45, 2.75) is 6.92 Å². The first kappa shape index (κ1) is 16.4. The van der Waals surface area contributed by atoms with E-state index >= 15 is 0 Å². The van der Waals surface area contributed by atoms with Crippen molar-refractivity contribution < 1.29 is 14.3 Å². The number of amides is 1. The molecule has 0 aliphatic carbocycles. The molecule has 0 saturated heterocycles. The van der Waals surface area contributed by atoms with Crippen LogP contribution in [0.5, 0.6) is 11.5 Å². The van der Waals surface area contributed by atoms with E-state index in [0.29, 0.717) is 10.9 Å². The van der Waals surface area contributed by atoms with Gasteiger partial charge in [0.05, 0.1) is 5.69 Å². The molecule has 1 aliphatic rings. The number of benzene rings is 2. The fraction of sp³-hybridized carbons (Fsp3) is 0.100. The van der Waals surface area contributed by atoms with E-state index in [1.807, 2.05) is 55.5 Å². The maximum Gasteiger partial charge on any atom is 0.250 e. The minimum Gasteiger partial charge on any atom is -0.454 e. The van der Waals surface area contributed by atoms with Gasteiger partial charge in [0.2, 0.25) is 12.7 Å². The maximum absolute atomic E-state index is 12.2. The predicted molar refractivity (Wildman–Crippen MR) is 103 cm³/mol. The van der Waals surface area contributed by atoms with Gasteiger partial charge in [-0.15, -0.1) is 11.3 Å². The Morgan fingerprint density at radius 1 is 1.15 bits per heavy atom. The van der Waals surface area contributed by atoms with Crippen molar-refractivity contribution in [3.05, 3.63) is 65.0 Å². The van der Waals surface area contributed by atoms with Gasteiger partial charge in [0, 0.05) is 16.5 Å². The molecule has 1 N–H and O–H groups in total. The molecule has 0 fully saturated rings. The molecule has 6 heteroatoms. The van der Waals surface area contributed by atoms with Crippen LogP contribution in [0.3, 0.4) is 0 Å². The molecule has 0 bridgehead atoms. The number of carbonyl (C=O) groups excluding carboxylic acids is 1. The number of aromatic nitrogens is 1. The second-order valence-electron chi connectivity index (χ2n) is 5.73. The average molecular weight is 364 g/mol. The highest BCUT2D eigenvalue weighted by Gasteiger charge is 2.13. The standard InChI is InChI=1S/C20H16N2O3S/c1-13-19(15-5-3-2-4-6-15)22-20(26-13)21-18(23)10-8-14-7-9-16-17(11-14)25-12-24-16/h2-11H,12H2,1H3,(H,21,22,23)/b10-8-. The van der Waals surface area contributed by atoms with Crippen molar-refractivity contribution in [3.8, 4) is 22.8 Å². The minimum atomic E-state index is -0.226. The predicted octanol–water partition coefficient (Wildman–Crippen LogP) is 4.50. The average Bonchev–Trinajstić information content (AvgIpc) is 3.26. The number of anilines is 1. The van der Waals surface area contributed by atoms with Crippen LogP contribution >= 0.6 is 11.3 Å². The summed E-state index contributed by atoms with van der Waals surface area (Å²) in [4.78, 5) is 17.8. The van der Waals surface area contributed by atoms with Gasteiger partial charge in [0.1, 0.15) is 0 Å². The van der Waals surface area contributed by atoms with Gasteiger partial charge in [0.25, 0.3) is 0 Å². The Hall–Kier alpha value is -3.12. The number of nitrogens with one attached hydrogen (secondary N) is 1. The van der Waals surface area contributed by atoms with Crippen molar-refractivity contribution in [1.29, 1.82) is 0 Å². The van der Waals surface area contributed by atoms with Crippen LogP contribution < -0.4 is 14.8 Å². The Labute approximate surface area is 154 Å². The number of rotatable bonds is 4. The van der Waals surface area contributed by atoms with Crippen LogP contribution in [0, 0.1) is 6.92 Å². The van der Waals surface area contributed by atoms with E-state index in [0.717, 1.165) is 27.4 Å². The third kappa shape index (κ3) is 3.45. The molecule has 0 unspecified atom stereocenters. The molecular formula is C20H16N2O3S. The highest BCUT2D eigenvalue weighted by Crippen LogP contribution is 2.33. The summed E-state index contributed by atoms with van der Waals surface area (Å²) in [6, 6.07) is 15.5. The zero-order valence-electron chi connectivity index (χ0n) is 14.1. The quantitative estimate of drug-likeness (QED) is 0.693. The smallest absolute Gasteiger partial charge is 0.250 e. The van der Waals surface area contributed by atoms with Gasteiger partial charge >= 0.3 is 0 Å². The Kier molecular flexibility index (Phi) is 4.41. The Bertz CT molecular complexity index is 980. The van der Waals surface area contributed by atoms with Gasteiger partial charge in [-0.2, -0.15) is 0 Å². The summed E-state index contributed by atoms with van der Waals surface area (Å²) in [5.74, 6) is 1.19. The number of carbonyl (C=O) groups is 1. The van der Waals surface area contributed by atoms with E-state index in [1.54, 1.807) is 6.08 Å². The second-order valence-corrected chi connectivity index (χ2v) is 6.93. The molecule has 1 aromatic heterocycles. The second kappa shape index (κ2) is 7.01. The summed E-state index contributed by atoms with van der Waals surface area (Å²) in [5, 5.41) is 3.41. The van der Waals surface area contributed by atoms with Crippen molar-refractivity contribution in [1.82, 2.24) is 4.98 Å². The number of hydrogen-bond donors (Lipinski definition) is 1. The highest BCUT2D eigenvalue weighted by atomic mass is 32.1. The summed E-state index contributed by atoms with van der Waals surface area (Å²) >= 11 is 1.46. The summed E-state index contributed by atoms with van der Waals surface area (Å²) < 4.78 is 10.6. The van der Waals surface area contributed by atoms with Gasteiger partial charge in [-0.1, -0.05) is 36.4 Å². The van der Waals surface area contributed by atoms with Crippen LogP contribution in [-0.2, 0) is 4.79 Å². The van der Waals surface area contributed by atoms with Crippen molar-refractivity contribution >= 4 is 28.5 Å². The van der Waals surface area contributed by atoms with Crippen molar-refractivity contribution in [2.75, 3.05) is 12.1 Å². The van der Waals surface area contributed by atoms with E-state index in [1.165, 1.54) is 17.4 Å². The third-order valence-electron chi connectivity index (χ3n) is 3.90. The third-order valence-corrected chi connectivity index (χ3v) is 4.78. The molecule has 130 valence electrons. The Balaban J connectivity index is 1.45. The van der Waals surface area contributed by atoms with Crippen molar-refractivity contribution in [3.63, 3.8) is 0 Å². The molecule has 0 radical (unpaired) electrons. The number of thiazole rings is 1. The molecule has 3 aromatic rings. The molecular weight excluding hydrogens is 348 g/mol. The largest absolute Gasteiger partial charge is 0.454 e. The molecule has 0 saturated carbocycles. The Morgan fingerprint density at radius 3 is 2.81 bits per heavy atom. The van der Waals surface area contributed by atoms with Crippen LogP contribution in [0.15, 0.2) is 54.6 Å². The molecule has 2 aromatic carbocycles. The lowest BCUT2D eigenvalue weighted by Gasteiger charge is -1.99. The maximum atomic E-state index is 12.2. The molecule has 2 heterocycles. The van der Waals surface area contributed by atoms with E-state index in [-0.39, 0.29) is 12.7 Å². The summed E-state index contributed by atoms with van der Waals surface area (Å²) in [7, 11) is 0. The first-order valence-corrected chi connectivity index (χ1v) is 8.92. The lowest BCUT2D eigenvalue weighted by molar-refractivity contribution is -0.111. The fourth-order valence-electron chi connectivity index (χ4n) is 2.65. The zero-order valence-corrected chi connectivity index (χ0v) is 14.9. The lowest BCUT2D eigenvalue weighted by atomic mass is 10.1. The normalized spacial score (nSPS) is 12.5. The molecule has 26 heavy (non-hydrogen) atoms. The van der Waals surface area contributed by atoms with Gasteiger partial charge in [-0.25, -0.2) is 4.98 Å². The van der Waals surface area contributed by atoms with Crippen LogP contribution in [-0.4, -0.2) is 17.7 Å². The summed E-state index contributed by atoms with van der Waals surface area (Å²) in [6.45, 7) is 2.23. The topological polar surface area (TPSA) is 60.5 Å². The van der Waals surface area contributed by atoms with Crippen LogP contribution in [0.2, 0.25) is 0 Å². The van der Waals surface area contributed by atoms with Gasteiger partial charge in [-0.3, -0.25) is 10.1 Å². The highest BCUT2D eigenvalue weighted by molar-refractivity contribution is 7.16. The van der Waals surface area contributed by atoms with Crippen LogP contribution in [0.4, 0.5) is 5.13 Å². The van der Waals surface area contributed by atoms with Crippen LogP contribution in [0.25, 0.3) is 17.3 Å². The van der Waals surface area contributed by atoms with E-state index < -0.39 is 0 Å². The first-order chi connectivity index (χ1) is 12.7. The van der Waals surface area contributed by atoms with E-state index in [4.69, 9.17) is 9.47 Å². The molecule has 5 nitrogen and oxygen atoms in total. The van der Waals surface area contributed by atoms with Gasteiger partial charge in [0.15, 0.2) is 16.6 Å². The molecule has 0 atom stereocenters. The van der Waals surface area contributed by atoms with Gasteiger partial charge in [-0.05, 0) is 30.7 Å². The molecule has 1 amide bonds. The molecule has 1 aliphatic heterocycles. The number of fused-ring (bicyclic) bond motifs is 1. The lowest BCUT2D eigenvalue weighted by Crippen LogP contribution is -2.07. The van der Waals surface area contributed by atoms with E-state index in [2.05, 4.69) is 10.3 Å². The van der Waals surface area contributed by atoms with Crippen LogP contribution in [0.1, 0.15) is 10.4 Å². The van der Waals surface area contributed by atoms with E-state index in [9.17, 15) is 4.79 Å². The summed E-state index contributed by atoms with van der Waals surface area (Å²) in [5.41, 5.74) is 2.80.